The van der Waals surface area contributed by atoms with Crippen LogP contribution in [0.1, 0.15) is 15.9 Å². The van der Waals surface area contributed by atoms with E-state index in [0.717, 1.165) is 6.07 Å². The minimum Gasteiger partial charge on any atom is -0.465 e. The number of benzene rings is 1. The number of isocyanates is 1. The molecular weight excluding hydrogens is 201 g/mol. The minimum atomic E-state index is -0.612. The molecule has 0 heterocycles. The van der Waals surface area contributed by atoms with Crippen LogP contribution in [0.4, 0.5) is 4.39 Å². The van der Waals surface area contributed by atoms with E-state index in [2.05, 4.69) is 9.73 Å². The van der Waals surface area contributed by atoms with E-state index in [-0.39, 0.29) is 17.7 Å². The largest absolute Gasteiger partial charge is 0.465 e. The molecule has 0 saturated carbocycles. The first kappa shape index (κ1) is 11.1. The third-order valence-electron chi connectivity index (χ3n) is 1.79. The van der Waals surface area contributed by atoms with E-state index in [1.54, 1.807) is 0 Å². The lowest BCUT2D eigenvalue weighted by molar-refractivity contribution is 0.0600. The molecule has 0 spiro atoms. The Morgan fingerprint density at radius 1 is 1.60 bits per heavy atom. The molecule has 0 aliphatic carbocycles. The lowest BCUT2D eigenvalue weighted by Gasteiger charge is -2.01. The molecule has 0 bridgehead atoms. The zero-order valence-electron chi connectivity index (χ0n) is 7.99. The van der Waals surface area contributed by atoms with E-state index in [1.807, 2.05) is 0 Å². The highest BCUT2D eigenvalue weighted by atomic mass is 19.1. The molecule has 1 rings (SSSR count). The number of aliphatic imine (C=N–C) groups is 1. The van der Waals surface area contributed by atoms with Crippen LogP contribution in [0, 0.1) is 5.82 Å². The van der Waals surface area contributed by atoms with Crippen LogP contribution in [0.5, 0.6) is 0 Å². The van der Waals surface area contributed by atoms with Crippen LogP contribution in [-0.2, 0) is 16.1 Å². The molecule has 0 aliphatic rings. The number of nitrogens with zero attached hydrogens (tertiary/aromatic N) is 1. The summed E-state index contributed by atoms with van der Waals surface area (Å²) < 4.78 is 17.7. The first-order valence-corrected chi connectivity index (χ1v) is 4.09. The van der Waals surface area contributed by atoms with Crippen molar-refractivity contribution in [3.63, 3.8) is 0 Å². The number of carbonyl (C=O) groups is 1. The summed E-state index contributed by atoms with van der Waals surface area (Å²) in [7, 11) is 1.21. The maximum absolute atomic E-state index is 13.3. The van der Waals surface area contributed by atoms with Gasteiger partial charge < -0.3 is 4.74 Å². The maximum atomic E-state index is 13.3. The van der Waals surface area contributed by atoms with Crippen LogP contribution in [0.2, 0.25) is 0 Å². The van der Waals surface area contributed by atoms with Crippen molar-refractivity contribution < 1.29 is 18.7 Å². The van der Waals surface area contributed by atoms with E-state index in [4.69, 9.17) is 0 Å². The van der Waals surface area contributed by atoms with Gasteiger partial charge in [0.05, 0.1) is 19.2 Å². The third-order valence-corrected chi connectivity index (χ3v) is 1.79. The second-order valence-corrected chi connectivity index (χ2v) is 2.71. The van der Waals surface area contributed by atoms with Crippen LogP contribution in [-0.4, -0.2) is 19.2 Å². The minimum absolute atomic E-state index is 0.0865. The predicted octanol–water partition coefficient (Wildman–Crippen LogP) is 1.45. The fourth-order valence-corrected chi connectivity index (χ4v) is 1.04. The van der Waals surface area contributed by atoms with Crippen LogP contribution in [0.25, 0.3) is 0 Å². The van der Waals surface area contributed by atoms with Gasteiger partial charge in [-0.2, -0.15) is 0 Å². The quantitative estimate of drug-likeness (QED) is 0.430. The smallest absolute Gasteiger partial charge is 0.337 e. The fourth-order valence-electron chi connectivity index (χ4n) is 1.04. The van der Waals surface area contributed by atoms with Gasteiger partial charge >= 0.3 is 5.97 Å². The summed E-state index contributed by atoms with van der Waals surface area (Å²) in [5, 5.41) is 0. The van der Waals surface area contributed by atoms with Crippen molar-refractivity contribution >= 4 is 12.0 Å². The van der Waals surface area contributed by atoms with E-state index < -0.39 is 11.8 Å². The van der Waals surface area contributed by atoms with Crippen molar-refractivity contribution in [2.24, 2.45) is 4.99 Å². The number of carbonyl (C=O) groups excluding carboxylic acids is 2. The number of ether oxygens (including phenoxy) is 1. The molecule has 1 aromatic rings. The molecule has 0 aliphatic heterocycles. The Bertz CT molecular complexity index is 425. The molecule has 0 radical (unpaired) electrons. The van der Waals surface area contributed by atoms with Gasteiger partial charge in [-0.25, -0.2) is 19.0 Å². The van der Waals surface area contributed by atoms with Crippen LogP contribution >= 0.6 is 0 Å². The molecule has 0 aromatic heterocycles. The lowest BCUT2D eigenvalue weighted by atomic mass is 10.1. The maximum Gasteiger partial charge on any atom is 0.337 e. The molecule has 78 valence electrons. The van der Waals surface area contributed by atoms with Crippen molar-refractivity contribution in [2.45, 2.75) is 6.54 Å². The molecule has 5 heteroatoms. The van der Waals surface area contributed by atoms with E-state index in [9.17, 15) is 14.0 Å². The number of rotatable bonds is 3. The second kappa shape index (κ2) is 5.02. The molecule has 15 heavy (non-hydrogen) atoms. The Kier molecular flexibility index (Phi) is 3.71. The standard InChI is InChI=1S/C10H8FNO3/c1-15-10(14)7-2-3-8(5-12-6-13)9(11)4-7/h2-4H,5H2,1H3. The van der Waals surface area contributed by atoms with Crippen molar-refractivity contribution in [1.82, 2.24) is 0 Å². The lowest BCUT2D eigenvalue weighted by Crippen LogP contribution is -2.02. The number of hydrogen-bond donors (Lipinski definition) is 0. The summed E-state index contributed by atoms with van der Waals surface area (Å²) in [6.07, 6.45) is 1.31. The molecule has 0 saturated heterocycles. The molecule has 0 unspecified atom stereocenters. The Morgan fingerprint density at radius 3 is 2.87 bits per heavy atom. The van der Waals surface area contributed by atoms with Gasteiger partial charge in [-0.15, -0.1) is 0 Å². The van der Waals surface area contributed by atoms with Gasteiger partial charge in [-0.05, 0) is 12.1 Å². The third kappa shape index (κ3) is 2.72. The number of esters is 1. The van der Waals surface area contributed by atoms with Crippen molar-refractivity contribution in [2.75, 3.05) is 7.11 Å². The van der Waals surface area contributed by atoms with Crippen LogP contribution in [0.3, 0.4) is 0 Å². The summed E-state index contributed by atoms with van der Waals surface area (Å²) in [6.45, 7) is -0.0865. The molecule has 0 fully saturated rings. The number of hydrogen-bond acceptors (Lipinski definition) is 4. The molecule has 1 aromatic carbocycles. The van der Waals surface area contributed by atoms with Crippen molar-refractivity contribution in [3.8, 4) is 0 Å². The molecule has 0 N–H and O–H groups in total. The summed E-state index contributed by atoms with van der Waals surface area (Å²) >= 11 is 0. The highest BCUT2D eigenvalue weighted by Crippen LogP contribution is 2.12. The van der Waals surface area contributed by atoms with Gasteiger partial charge in [0.15, 0.2) is 0 Å². The average molecular weight is 209 g/mol. The zero-order valence-corrected chi connectivity index (χ0v) is 7.99. The Balaban J connectivity index is 2.97. The second-order valence-electron chi connectivity index (χ2n) is 2.71. The average Bonchev–Trinajstić information content (AvgIpc) is 2.26. The molecular formula is C10H8FNO3. The summed E-state index contributed by atoms with van der Waals surface area (Å²) in [4.78, 5) is 24.1. The Labute approximate surface area is 85.4 Å². The fraction of sp³-hybridized carbons (Fsp3) is 0.200. The van der Waals surface area contributed by atoms with E-state index in [0.29, 0.717) is 0 Å². The zero-order chi connectivity index (χ0) is 11.3. The molecule has 4 nitrogen and oxygen atoms in total. The highest BCUT2D eigenvalue weighted by Gasteiger charge is 2.09. The summed E-state index contributed by atoms with van der Waals surface area (Å²) in [5.74, 6) is -1.21. The first-order valence-electron chi connectivity index (χ1n) is 4.09. The molecule has 0 atom stereocenters. The predicted molar refractivity (Wildman–Crippen MR) is 49.6 cm³/mol. The van der Waals surface area contributed by atoms with E-state index in [1.165, 1.54) is 25.3 Å². The monoisotopic (exact) mass is 209 g/mol. The Morgan fingerprint density at radius 2 is 2.33 bits per heavy atom. The Hall–Kier alpha value is -2.00. The van der Waals surface area contributed by atoms with Gasteiger partial charge in [0.1, 0.15) is 5.82 Å². The van der Waals surface area contributed by atoms with E-state index >= 15 is 0 Å². The molecule has 0 amide bonds. The van der Waals surface area contributed by atoms with Crippen LogP contribution < -0.4 is 0 Å². The summed E-state index contributed by atoms with van der Waals surface area (Å²) in [5.41, 5.74) is 0.347. The van der Waals surface area contributed by atoms with Gasteiger partial charge in [-0.1, -0.05) is 6.07 Å². The number of halogens is 1. The van der Waals surface area contributed by atoms with Crippen molar-refractivity contribution in [1.29, 1.82) is 0 Å². The van der Waals surface area contributed by atoms with Gasteiger partial charge in [0, 0.05) is 5.56 Å². The SMILES string of the molecule is COC(=O)c1ccc(CN=C=O)c(F)c1. The highest BCUT2D eigenvalue weighted by molar-refractivity contribution is 5.89. The van der Waals surface area contributed by atoms with Gasteiger partial charge in [0.2, 0.25) is 6.08 Å². The van der Waals surface area contributed by atoms with Crippen LogP contribution in [0.15, 0.2) is 23.2 Å². The summed E-state index contributed by atoms with van der Waals surface area (Å²) in [6, 6.07) is 3.83. The number of methoxy groups -OCH3 is 1. The topological polar surface area (TPSA) is 55.7 Å². The van der Waals surface area contributed by atoms with Gasteiger partial charge in [-0.3, -0.25) is 0 Å². The first-order chi connectivity index (χ1) is 7.19. The van der Waals surface area contributed by atoms with Gasteiger partial charge in [0.25, 0.3) is 0 Å². The van der Waals surface area contributed by atoms with Crippen molar-refractivity contribution in [3.05, 3.63) is 35.1 Å². The normalized spacial score (nSPS) is 9.20.